The molecule has 0 spiro atoms. The van der Waals surface area contributed by atoms with Crippen LogP contribution in [0.15, 0.2) is 11.4 Å². The van der Waals surface area contributed by atoms with E-state index in [2.05, 4.69) is 0 Å². The van der Waals surface area contributed by atoms with Crippen LogP contribution in [0.3, 0.4) is 0 Å². The number of likely N-dealkylation sites (tertiary alicyclic amines) is 1. The first-order valence-electron chi connectivity index (χ1n) is 7.30. The molecule has 1 N–H and O–H groups in total. The third-order valence-electron chi connectivity index (χ3n) is 3.96. The first kappa shape index (κ1) is 15.8. The number of carbonyl (C=O) groups is 2. The lowest BCUT2D eigenvalue weighted by Gasteiger charge is -2.43. The Morgan fingerprint density at radius 3 is 2.19 bits per heavy atom. The van der Waals surface area contributed by atoms with Crippen molar-refractivity contribution in [1.82, 2.24) is 4.90 Å². The van der Waals surface area contributed by atoms with E-state index in [-0.39, 0.29) is 11.8 Å². The van der Waals surface area contributed by atoms with Gasteiger partial charge in [0, 0.05) is 24.9 Å². The van der Waals surface area contributed by atoms with Gasteiger partial charge in [-0.1, -0.05) is 6.42 Å². The van der Waals surface area contributed by atoms with Crippen LogP contribution < -0.4 is 0 Å². The van der Waals surface area contributed by atoms with E-state index in [1.807, 2.05) is 0 Å². The summed E-state index contributed by atoms with van der Waals surface area (Å²) in [5.41, 5.74) is -0.192. The summed E-state index contributed by atoms with van der Waals surface area (Å²) >= 11 is 0. The fraction of sp³-hybridized carbons (Fsp3) is 0.733. The Hall–Kier alpha value is -1.59. The van der Waals surface area contributed by atoms with Crippen LogP contribution in [0.25, 0.3) is 0 Å². The van der Waals surface area contributed by atoms with Gasteiger partial charge in [0.15, 0.2) is 0 Å². The smallest absolute Gasteiger partial charge is 0.410 e. The van der Waals surface area contributed by atoms with Crippen molar-refractivity contribution in [3.63, 3.8) is 0 Å². The summed E-state index contributed by atoms with van der Waals surface area (Å²) in [7, 11) is 0. The van der Waals surface area contributed by atoms with Gasteiger partial charge >= 0.3 is 12.1 Å². The Morgan fingerprint density at radius 1 is 1.24 bits per heavy atom. The van der Waals surface area contributed by atoms with Crippen LogP contribution in [0.4, 0.5) is 9.18 Å². The molecule has 2 bridgehead atoms. The van der Waals surface area contributed by atoms with Crippen molar-refractivity contribution in [2.75, 3.05) is 13.1 Å². The number of carboxylic acid groups (broad SMARTS) is 1. The van der Waals surface area contributed by atoms with E-state index in [9.17, 15) is 14.0 Å². The third kappa shape index (κ3) is 3.54. The van der Waals surface area contributed by atoms with E-state index < -0.39 is 23.5 Å². The van der Waals surface area contributed by atoms with Crippen molar-refractivity contribution in [2.45, 2.75) is 45.6 Å². The monoisotopic (exact) mass is 299 g/mol. The standard InChI is InChI=1S/C15H22FNO4/c1-15(2,3)21-14(20)17-7-9-5-4-6-10(8-17)11(9)12(16)13(18)19/h9-10H,4-8H2,1-3H3,(H,18,19). The maximum Gasteiger partial charge on any atom is 0.410 e. The highest BCUT2D eigenvalue weighted by Gasteiger charge is 2.41. The lowest BCUT2D eigenvalue weighted by atomic mass is 9.73. The van der Waals surface area contributed by atoms with E-state index >= 15 is 0 Å². The molecule has 5 nitrogen and oxygen atoms in total. The third-order valence-corrected chi connectivity index (χ3v) is 3.96. The molecule has 2 unspecified atom stereocenters. The zero-order chi connectivity index (χ0) is 15.8. The maximum absolute atomic E-state index is 13.9. The lowest BCUT2D eigenvalue weighted by Crippen LogP contribution is -2.49. The van der Waals surface area contributed by atoms with Crippen molar-refractivity contribution in [1.29, 1.82) is 0 Å². The molecule has 1 heterocycles. The Morgan fingerprint density at radius 2 is 1.76 bits per heavy atom. The topological polar surface area (TPSA) is 66.8 Å². The van der Waals surface area contributed by atoms with Gasteiger partial charge in [-0.05, 0) is 39.2 Å². The molecule has 0 radical (unpaired) electrons. The number of amides is 1. The molecule has 6 heteroatoms. The molecule has 0 aromatic carbocycles. The van der Waals surface area contributed by atoms with Crippen LogP contribution in [-0.2, 0) is 9.53 Å². The number of fused-ring (bicyclic) bond motifs is 2. The highest BCUT2D eigenvalue weighted by atomic mass is 19.1. The zero-order valence-electron chi connectivity index (χ0n) is 12.7. The second-order valence-corrected chi connectivity index (χ2v) is 6.78. The molecule has 1 amide bonds. The Balaban J connectivity index is 2.17. The first-order chi connectivity index (χ1) is 9.69. The molecule has 118 valence electrons. The molecule has 2 rings (SSSR count). The number of piperidine rings is 1. The van der Waals surface area contributed by atoms with Crippen LogP contribution in [-0.4, -0.2) is 40.8 Å². The van der Waals surface area contributed by atoms with Gasteiger partial charge in [0.1, 0.15) is 5.60 Å². The summed E-state index contributed by atoms with van der Waals surface area (Å²) in [4.78, 5) is 24.6. The Bertz CT molecular complexity index is 465. The van der Waals surface area contributed by atoms with Gasteiger partial charge in [-0.25, -0.2) is 9.59 Å². The minimum Gasteiger partial charge on any atom is -0.476 e. The number of rotatable bonds is 1. The predicted molar refractivity (Wildman–Crippen MR) is 74.4 cm³/mol. The minimum atomic E-state index is -1.51. The van der Waals surface area contributed by atoms with Gasteiger partial charge in [0.25, 0.3) is 0 Å². The number of carbonyl (C=O) groups excluding carboxylic acids is 1. The first-order valence-corrected chi connectivity index (χ1v) is 7.30. The fourth-order valence-corrected chi connectivity index (χ4v) is 3.20. The van der Waals surface area contributed by atoms with Gasteiger partial charge in [0.2, 0.25) is 5.83 Å². The molecular formula is C15H22FNO4. The van der Waals surface area contributed by atoms with Crippen LogP contribution in [0.1, 0.15) is 40.0 Å². The predicted octanol–water partition coefficient (Wildman–Crippen LogP) is 2.96. The number of carboxylic acids is 1. The lowest BCUT2D eigenvalue weighted by molar-refractivity contribution is -0.134. The molecule has 2 atom stereocenters. The number of nitrogens with zero attached hydrogens (tertiary/aromatic N) is 1. The molecule has 0 aromatic heterocycles. The van der Waals surface area contributed by atoms with Gasteiger partial charge in [-0.2, -0.15) is 4.39 Å². The molecule has 1 saturated heterocycles. The van der Waals surface area contributed by atoms with Crippen molar-refractivity contribution in [2.24, 2.45) is 11.8 Å². The second-order valence-electron chi connectivity index (χ2n) is 6.78. The summed E-state index contributed by atoms with van der Waals surface area (Å²) in [5.74, 6) is -2.96. The van der Waals surface area contributed by atoms with Gasteiger partial charge in [-0.15, -0.1) is 0 Å². The average Bonchev–Trinajstić information content (AvgIpc) is 2.33. The van der Waals surface area contributed by atoms with E-state index in [4.69, 9.17) is 9.84 Å². The van der Waals surface area contributed by atoms with Gasteiger partial charge < -0.3 is 14.7 Å². The quantitative estimate of drug-likeness (QED) is 0.756. The highest BCUT2D eigenvalue weighted by molar-refractivity contribution is 5.85. The highest BCUT2D eigenvalue weighted by Crippen LogP contribution is 2.41. The van der Waals surface area contributed by atoms with E-state index in [0.717, 1.165) is 6.42 Å². The van der Waals surface area contributed by atoms with Crippen molar-refractivity contribution >= 4 is 12.1 Å². The number of aliphatic carboxylic acids is 1. The van der Waals surface area contributed by atoms with Crippen molar-refractivity contribution < 1.29 is 23.8 Å². The summed E-state index contributed by atoms with van der Waals surface area (Å²) in [6, 6.07) is 0. The largest absolute Gasteiger partial charge is 0.476 e. The molecule has 21 heavy (non-hydrogen) atoms. The summed E-state index contributed by atoms with van der Waals surface area (Å²) in [6.07, 6.45) is 1.96. The number of hydrogen-bond acceptors (Lipinski definition) is 3. The van der Waals surface area contributed by atoms with Crippen molar-refractivity contribution in [3.05, 3.63) is 11.4 Å². The Kier molecular flexibility index (Phi) is 4.25. The van der Waals surface area contributed by atoms with Crippen molar-refractivity contribution in [3.8, 4) is 0 Å². The van der Waals surface area contributed by atoms with E-state index in [1.165, 1.54) is 0 Å². The summed E-state index contributed by atoms with van der Waals surface area (Å²) in [5, 5.41) is 8.88. The van der Waals surface area contributed by atoms with Gasteiger partial charge in [-0.3, -0.25) is 0 Å². The molecule has 2 fully saturated rings. The molecule has 1 aliphatic carbocycles. The van der Waals surface area contributed by atoms with Crippen LogP contribution >= 0.6 is 0 Å². The fourth-order valence-electron chi connectivity index (χ4n) is 3.20. The number of halogens is 1. The molecule has 2 aliphatic rings. The maximum atomic E-state index is 13.9. The van der Waals surface area contributed by atoms with Gasteiger partial charge in [0.05, 0.1) is 0 Å². The molecule has 0 aromatic rings. The minimum absolute atomic E-state index is 0.207. The average molecular weight is 299 g/mol. The Labute approximate surface area is 123 Å². The van der Waals surface area contributed by atoms with Crippen LogP contribution in [0, 0.1) is 11.8 Å². The molecular weight excluding hydrogens is 277 g/mol. The number of ether oxygens (including phenoxy) is 1. The summed E-state index contributed by atoms with van der Waals surface area (Å²) in [6.45, 7) is 6.06. The van der Waals surface area contributed by atoms with Crippen LogP contribution in [0.2, 0.25) is 0 Å². The molecule has 1 saturated carbocycles. The van der Waals surface area contributed by atoms with Crippen LogP contribution in [0.5, 0.6) is 0 Å². The zero-order valence-corrected chi connectivity index (χ0v) is 12.7. The number of hydrogen-bond donors (Lipinski definition) is 1. The van der Waals surface area contributed by atoms with E-state index in [1.54, 1.807) is 25.7 Å². The normalized spacial score (nSPS) is 25.5. The van der Waals surface area contributed by atoms with E-state index in [0.29, 0.717) is 31.5 Å². The second kappa shape index (κ2) is 5.66. The summed E-state index contributed by atoms with van der Waals surface area (Å²) < 4.78 is 19.2. The SMILES string of the molecule is CC(C)(C)OC(=O)N1CC2CCCC(C1)C2=C(F)C(=O)O. The molecule has 1 aliphatic heterocycles.